The number of hydrogen-bond donors (Lipinski definition) is 1. The number of carboxylic acids is 1. The molecule has 0 radical (unpaired) electrons. The summed E-state index contributed by atoms with van der Waals surface area (Å²) in [5.74, 6) is -0.325. The fourth-order valence-corrected chi connectivity index (χ4v) is 1.59. The van der Waals surface area contributed by atoms with E-state index in [2.05, 4.69) is 4.98 Å². The third-order valence-corrected chi connectivity index (χ3v) is 2.44. The second-order valence-corrected chi connectivity index (χ2v) is 4.02. The molecule has 0 spiro atoms. The van der Waals surface area contributed by atoms with E-state index in [0.717, 1.165) is 11.3 Å². The molecule has 92 valence electrons. The van der Waals surface area contributed by atoms with Gasteiger partial charge >= 0.3 is 5.97 Å². The van der Waals surface area contributed by atoms with E-state index in [1.165, 1.54) is 0 Å². The van der Waals surface area contributed by atoms with Gasteiger partial charge in [-0.1, -0.05) is 17.7 Å². The minimum Gasteiger partial charge on any atom is -0.478 e. The van der Waals surface area contributed by atoms with Crippen molar-refractivity contribution in [2.24, 2.45) is 0 Å². The Kier molecular flexibility index (Phi) is 3.28. The lowest BCUT2D eigenvalue weighted by molar-refractivity contribution is 0.0694. The molecule has 0 saturated heterocycles. The van der Waals surface area contributed by atoms with Crippen LogP contribution in [0.4, 0.5) is 0 Å². The summed E-state index contributed by atoms with van der Waals surface area (Å²) in [6, 6.07) is 10.4. The lowest BCUT2D eigenvalue weighted by atomic mass is 10.1. The molecule has 0 aliphatic rings. The Morgan fingerprint density at radius 3 is 2.67 bits per heavy atom. The first-order valence-corrected chi connectivity index (χ1v) is 5.52. The van der Waals surface area contributed by atoms with Gasteiger partial charge in [-0.15, -0.1) is 0 Å². The molecule has 0 unspecified atom stereocenters. The molecule has 2 rings (SSSR count). The van der Waals surface area contributed by atoms with Crippen LogP contribution in [0.2, 0.25) is 0 Å². The summed E-state index contributed by atoms with van der Waals surface area (Å²) in [4.78, 5) is 15.3. The quantitative estimate of drug-likeness (QED) is 0.899. The van der Waals surface area contributed by atoms with E-state index in [-0.39, 0.29) is 5.56 Å². The Balaban J connectivity index is 2.37. The average Bonchev–Trinajstić information content (AvgIpc) is 2.31. The highest BCUT2D eigenvalue weighted by Crippen LogP contribution is 2.25. The molecule has 18 heavy (non-hydrogen) atoms. The number of nitrogens with zero attached hydrogens (tertiary/aromatic N) is 1. The topological polar surface area (TPSA) is 59.4 Å². The molecule has 0 fully saturated rings. The van der Waals surface area contributed by atoms with E-state index in [4.69, 9.17) is 9.84 Å². The van der Waals surface area contributed by atoms with Gasteiger partial charge in [-0.25, -0.2) is 9.78 Å². The van der Waals surface area contributed by atoms with Crippen LogP contribution >= 0.6 is 0 Å². The second-order valence-electron chi connectivity index (χ2n) is 4.02. The van der Waals surface area contributed by atoms with Crippen molar-refractivity contribution >= 4 is 5.97 Å². The Morgan fingerprint density at radius 2 is 2.00 bits per heavy atom. The van der Waals surface area contributed by atoms with E-state index in [9.17, 15) is 4.79 Å². The number of rotatable bonds is 3. The molecule has 0 bridgehead atoms. The molecule has 4 nitrogen and oxygen atoms in total. The van der Waals surface area contributed by atoms with Crippen molar-refractivity contribution in [3.8, 4) is 11.6 Å². The average molecular weight is 243 g/mol. The van der Waals surface area contributed by atoms with E-state index in [0.29, 0.717) is 11.6 Å². The summed E-state index contributed by atoms with van der Waals surface area (Å²) in [5.41, 5.74) is 1.83. The number of ether oxygens (including phenoxy) is 1. The van der Waals surface area contributed by atoms with Gasteiger partial charge in [-0.3, -0.25) is 0 Å². The minimum absolute atomic E-state index is 0.137. The molecular formula is C14H13NO3. The zero-order chi connectivity index (χ0) is 13.1. The number of carboxylic acid groups (broad SMARTS) is 1. The van der Waals surface area contributed by atoms with E-state index in [1.54, 1.807) is 24.3 Å². The van der Waals surface area contributed by atoms with Crippen molar-refractivity contribution < 1.29 is 14.6 Å². The third kappa shape index (κ3) is 2.66. The van der Waals surface area contributed by atoms with Crippen LogP contribution in [0.3, 0.4) is 0 Å². The van der Waals surface area contributed by atoms with E-state index in [1.807, 2.05) is 26.0 Å². The Hall–Kier alpha value is -2.36. The highest BCUT2D eigenvalue weighted by molar-refractivity contribution is 5.91. The smallest absolute Gasteiger partial charge is 0.339 e. The van der Waals surface area contributed by atoms with Gasteiger partial charge in [0.05, 0.1) is 0 Å². The highest BCUT2D eigenvalue weighted by Gasteiger charge is 2.12. The van der Waals surface area contributed by atoms with Crippen LogP contribution in [0, 0.1) is 13.8 Å². The fourth-order valence-electron chi connectivity index (χ4n) is 1.59. The molecule has 0 saturated carbocycles. The fraction of sp³-hybridized carbons (Fsp3) is 0.143. The second kappa shape index (κ2) is 4.87. The maximum Gasteiger partial charge on any atom is 0.339 e. The molecule has 0 atom stereocenters. The van der Waals surface area contributed by atoms with Crippen molar-refractivity contribution in [1.29, 1.82) is 0 Å². The van der Waals surface area contributed by atoms with Gasteiger partial charge in [0.2, 0.25) is 5.88 Å². The summed E-state index contributed by atoms with van der Waals surface area (Å²) in [6.07, 6.45) is 0. The molecule has 1 aromatic heterocycles. The van der Waals surface area contributed by atoms with Crippen molar-refractivity contribution in [1.82, 2.24) is 4.98 Å². The molecule has 1 N–H and O–H groups in total. The number of aryl methyl sites for hydroxylation is 2. The van der Waals surface area contributed by atoms with Gasteiger partial charge < -0.3 is 9.84 Å². The molecule has 1 aromatic carbocycles. The van der Waals surface area contributed by atoms with Gasteiger partial charge in [0.1, 0.15) is 11.3 Å². The largest absolute Gasteiger partial charge is 0.478 e. The van der Waals surface area contributed by atoms with Crippen LogP contribution in [0.25, 0.3) is 0 Å². The van der Waals surface area contributed by atoms with E-state index >= 15 is 0 Å². The predicted molar refractivity (Wildman–Crippen MR) is 67.2 cm³/mol. The first-order valence-electron chi connectivity index (χ1n) is 5.52. The van der Waals surface area contributed by atoms with Crippen molar-refractivity contribution in [3.05, 3.63) is 53.2 Å². The summed E-state index contributed by atoms with van der Waals surface area (Å²) in [5, 5.41) is 9.12. The molecule has 2 aromatic rings. The van der Waals surface area contributed by atoms with Crippen LogP contribution in [0.15, 0.2) is 36.4 Å². The maximum absolute atomic E-state index is 11.1. The highest BCUT2D eigenvalue weighted by atomic mass is 16.5. The number of hydrogen-bond acceptors (Lipinski definition) is 3. The number of aromatic carboxylic acids is 1. The molecular weight excluding hydrogens is 230 g/mol. The van der Waals surface area contributed by atoms with E-state index < -0.39 is 5.97 Å². The summed E-state index contributed by atoms with van der Waals surface area (Å²) < 4.78 is 5.51. The lowest BCUT2D eigenvalue weighted by Gasteiger charge is -2.08. The zero-order valence-electron chi connectivity index (χ0n) is 10.2. The normalized spacial score (nSPS) is 10.1. The minimum atomic E-state index is -1.01. The van der Waals surface area contributed by atoms with Crippen LogP contribution in [-0.4, -0.2) is 16.1 Å². The molecule has 0 amide bonds. The molecule has 0 aliphatic heterocycles. The number of aromatic nitrogens is 1. The standard InChI is InChI=1S/C14H13NO3/c1-9-6-7-12(11(8-9)14(16)17)18-13-5-3-4-10(2)15-13/h3-8H,1-2H3,(H,16,17). The van der Waals surface area contributed by atoms with Gasteiger partial charge in [0.25, 0.3) is 0 Å². The first-order chi connectivity index (χ1) is 8.56. The third-order valence-electron chi connectivity index (χ3n) is 2.44. The van der Waals surface area contributed by atoms with Gasteiger partial charge in [-0.2, -0.15) is 0 Å². The summed E-state index contributed by atoms with van der Waals surface area (Å²) in [7, 11) is 0. The Labute approximate surface area is 105 Å². The number of benzene rings is 1. The first kappa shape index (κ1) is 12.1. The summed E-state index contributed by atoms with van der Waals surface area (Å²) >= 11 is 0. The molecule has 0 aliphatic carbocycles. The van der Waals surface area contributed by atoms with Gasteiger partial charge in [0, 0.05) is 11.8 Å². The summed E-state index contributed by atoms with van der Waals surface area (Å²) in [6.45, 7) is 3.68. The van der Waals surface area contributed by atoms with Crippen LogP contribution in [-0.2, 0) is 0 Å². The van der Waals surface area contributed by atoms with Crippen LogP contribution in [0.1, 0.15) is 21.6 Å². The van der Waals surface area contributed by atoms with Crippen molar-refractivity contribution in [3.63, 3.8) is 0 Å². The zero-order valence-corrected chi connectivity index (χ0v) is 10.2. The number of carbonyl (C=O) groups is 1. The van der Waals surface area contributed by atoms with Crippen molar-refractivity contribution in [2.45, 2.75) is 13.8 Å². The van der Waals surface area contributed by atoms with Crippen LogP contribution in [0.5, 0.6) is 11.6 Å². The number of pyridine rings is 1. The van der Waals surface area contributed by atoms with Gasteiger partial charge in [0.15, 0.2) is 0 Å². The van der Waals surface area contributed by atoms with Crippen LogP contribution < -0.4 is 4.74 Å². The van der Waals surface area contributed by atoms with Crippen molar-refractivity contribution in [2.75, 3.05) is 0 Å². The maximum atomic E-state index is 11.1. The molecule has 1 heterocycles. The lowest BCUT2D eigenvalue weighted by Crippen LogP contribution is -2.01. The molecule has 4 heteroatoms. The Bertz CT molecular complexity index is 593. The monoisotopic (exact) mass is 243 g/mol. The van der Waals surface area contributed by atoms with Gasteiger partial charge in [-0.05, 0) is 32.0 Å². The SMILES string of the molecule is Cc1ccc(Oc2cccc(C)n2)c(C(=O)O)c1. The Morgan fingerprint density at radius 1 is 1.22 bits per heavy atom. The predicted octanol–water partition coefficient (Wildman–Crippen LogP) is 3.19.